The lowest BCUT2D eigenvalue weighted by Crippen LogP contribution is -2.45. The molecule has 2 nitrogen and oxygen atoms in total. The van der Waals surface area contributed by atoms with Gasteiger partial charge in [0.15, 0.2) is 0 Å². The molecule has 2 aliphatic carbocycles. The molecule has 0 aliphatic heterocycles. The van der Waals surface area contributed by atoms with E-state index in [1.54, 1.807) is 0 Å². The number of hydrogen-bond donors (Lipinski definition) is 0. The fraction of sp³-hybridized carbons (Fsp3) is 0.220. The Morgan fingerprint density at radius 1 is 0.426 bits per heavy atom. The van der Waals surface area contributed by atoms with Gasteiger partial charge >= 0.3 is 0 Å². The summed E-state index contributed by atoms with van der Waals surface area (Å²) in [4.78, 5) is 4.84. The molecule has 0 amide bonds. The van der Waals surface area contributed by atoms with E-state index in [9.17, 15) is 0 Å². The molecule has 0 N–H and O–H groups in total. The van der Waals surface area contributed by atoms with Gasteiger partial charge in [0.1, 0.15) is 0 Å². The van der Waals surface area contributed by atoms with Crippen LogP contribution in [0.5, 0.6) is 0 Å². The Labute approximate surface area is 363 Å². The standard InChI is InChI=1S/C59H56N2/c1-57(2,3)56-26-16-17-39-59(56,44-28-33-48(34-29-44)60(46-20-8-6-9-21-46)47-22-10-7-11-23-47)45-30-35-49(36-31-45)61(50-32-27-42-18-12-13-19-43(42)40-50)51-37-38-53-52-24-14-15-25-54(52)58(4,5)55(53)41-51/h6-15,18-25,27-38,40-41,56H,16-17,26,39H2,1-5H3. The summed E-state index contributed by atoms with van der Waals surface area (Å²) in [5.74, 6) is 0.474. The van der Waals surface area contributed by atoms with Gasteiger partial charge in [-0.15, -0.1) is 0 Å². The van der Waals surface area contributed by atoms with Crippen molar-refractivity contribution in [1.82, 2.24) is 0 Å². The van der Waals surface area contributed by atoms with E-state index in [2.05, 4.69) is 239 Å². The van der Waals surface area contributed by atoms with Crippen LogP contribution in [-0.2, 0) is 10.8 Å². The normalized spacial score (nSPS) is 18.0. The molecule has 0 heterocycles. The van der Waals surface area contributed by atoms with Crippen LogP contribution < -0.4 is 9.80 Å². The first-order valence-corrected chi connectivity index (χ1v) is 22.3. The molecule has 10 rings (SSSR count). The van der Waals surface area contributed by atoms with E-state index < -0.39 is 0 Å². The van der Waals surface area contributed by atoms with Gasteiger partial charge in [-0.25, -0.2) is 0 Å². The van der Waals surface area contributed by atoms with Crippen LogP contribution in [0.1, 0.15) is 82.6 Å². The van der Waals surface area contributed by atoms with E-state index in [0.717, 1.165) is 23.5 Å². The molecular weight excluding hydrogens is 737 g/mol. The van der Waals surface area contributed by atoms with Crippen molar-refractivity contribution in [1.29, 1.82) is 0 Å². The largest absolute Gasteiger partial charge is 0.311 e. The Bertz CT molecular complexity index is 2770. The lowest BCUT2D eigenvalue weighted by molar-refractivity contribution is 0.100. The van der Waals surface area contributed by atoms with E-state index in [0.29, 0.717) is 5.92 Å². The van der Waals surface area contributed by atoms with Crippen molar-refractivity contribution in [2.75, 3.05) is 9.80 Å². The number of fused-ring (bicyclic) bond motifs is 4. The molecule has 61 heavy (non-hydrogen) atoms. The Balaban J connectivity index is 1.09. The molecule has 2 heteroatoms. The van der Waals surface area contributed by atoms with E-state index in [4.69, 9.17) is 0 Å². The summed E-state index contributed by atoms with van der Waals surface area (Å²) < 4.78 is 0. The van der Waals surface area contributed by atoms with Crippen LogP contribution in [0.15, 0.2) is 194 Å². The zero-order chi connectivity index (χ0) is 41.8. The second-order valence-corrected chi connectivity index (χ2v) is 19.0. The molecule has 8 aromatic rings. The van der Waals surface area contributed by atoms with Crippen LogP contribution in [0.3, 0.4) is 0 Å². The molecule has 1 fully saturated rings. The smallest absolute Gasteiger partial charge is 0.0468 e. The third-order valence-electron chi connectivity index (χ3n) is 14.1. The van der Waals surface area contributed by atoms with Gasteiger partial charge in [-0.05, 0) is 141 Å². The van der Waals surface area contributed by atoms with E-state index >= 15 is 0 Å². The molecule has 0 aromatic heterocycles. The summed E-state index contributed by atoms with van der Waals surface area (Å²) in [6.45, 7) is 12.1. The lowest BCUT2D eigenvalue weighted by atomic mass is 9.52. The zero-order valence-electron chi connectivity index (χ0n) is 36.3. The molecule has 302 valence electrons. The van der Waals surface area contributed by atoms with Crippen LogP contribution in [0.4, 0.5) is 34.1 Å². The minimum atomic E-state index is -0.130. The summed E-state index contributed by atoms with van der Waals surface area (Å²) in [6, 6.07) is 72.5. The topological polar surface area (TPSA) is 6.48 Å². The molecule has 2 aliphatic rings. The van der Waals surface area contributed by atoms with Gasteiger partial charge in [-0.1, -0.05) is 169 Å². The summed E-state index contributed by atoms with van der Waals surface area (Å²) in [5, 5.41) is 2.49. The average Bonchev–Trinajstić information content (AvgIpc) is 3.52. The minimum absolute atomic E-state index is 0.0923. The molecule has 8 aromatic carbocycles. The molecule has 0 radical (unpaired) electrons. The van der Waals surface area contributed by atoms with Crippen molar-refractivity contribution in [3.05, 3.63) is 216 Å². The first-order chi connectivity index (χ1) is 29.6. The number of anilines is 6. The van der Waals surface area contributed by atoms with Gasteiger partial charge in [-0.2, -0.15) is 0 Å². The highest BCUT2D eigenvalue weighted by molar-refractivity contribution is 5.91. The maximum absolute atomic E-state index is 2.47. The number of para-hydroxylation sites is 2. The highest BCUT2D eigenvalue weighted by Crippen LogP contribution is 2.56. The van der Waals surface area contributed by atoms with E-state index in [1.807, 2.05) is 0 Å². The predicted octanol–water partition coefficient (Wildman–Crippen LogP) is 16.6. The van der Waals surface area contributed by atoms with Crippen molar-refractivity contribution >= 4 is 44.9 Å². The summed E-state index contributed by atoms with van der Waals surface area (Å²) in [5.41, 5.74) is 15.2. The number of nitrogens with zero attached hydrogens (tertiary/aromatic N) is 2. The maximum Gasteiger partial charge on any atom is 0.0468 e. The van der Waals surface area contributed by atoms with Crippen molar-refractivity contribution in [3.8, 4) is 11.1 Å². The van der Waals surface area contributed by atoms with E-state index in [-0.39, 0.29) is 16.2 Å². The molecule has 0 bridgehead atoms. The second-order valence-electron chi connectivity index (χ2n) is 19.0. The minimum Gasteiger partial charge on any atom is -0.311 e. The third kappa shape index (κ3) is 6.74. The number of rotatable bonds is 8. The quantitative estimate of drug-likeness (QED) is 0.151. The van der Waals surface area contributed by atoms with Crippen LogP contribution in [0.25, 0.3) is 21.9 Å². The SMILES string of the molecule is CC1(C)c2ccccc2-c2ccc(N(c3ccc(C4(c5ccc(N(c6ccccc6)c6ccccc6)cc5)CCCCC4C(C)(C)C)cc3)c3ccc4ccccc4c3)cc21. The van der Waals surface area contributed by atoms with Crippen molar-refractivity contribution < 1.29 is 0 Å². The van der Waals surface area contributed by atoms with Crippen LogP contribution >= 0.6 is 0 Å². The zero-order valence-corrected chi connectivity index (χ0v) is 36.3. The fourth-order valence-electron chi connectivity index (χ4n) is 11.2. The van der Waals surface area contributed by atoms with Gasteiger partial charge < -0.3 is 9.80 Å². The van der Waals surface area contributed by atoms with Crippen molar-refractivity contribution in [2.45, 2.75) is 71.1 Å². The van der Waals surface area contributed by atoms with E-state index in [1.165, 1.54) is 80.5 Å². The molecule has 0 spiro atoms. The Hall–Kier alpha value is -6.38. The molecular formula is C59H56N2. The first kappa shape index (κ1) is 38.8. The Kier molecular flexibility index (Phi) is 9.71. The molecule has 1 saturated carbocycles. The van der Waals surface area contributed by atoms with Gasteiger partial charge in [0.25, 0.3) is 0 Å². The maximum atomic E-state index is 2.47. The van der Waals surface area contributed by atoms with Crippen LogP contribution in [0, 0.1) is 11.3 Å². The van der Waals surface area contributed by atoms with Crippen molar-refractivity contribution in [2.24, 2.45) is 11.3 Å². The highest BCUT2D eigenvalue weighted by Gasteiger charge is 2.48. The van der Waals surface area contributed by atoms with Crippen molar-refractivity contribution in [3.63, 3.8) is 0 Å². The lowest BCUT2D eigenvalue weighted by Gasteiger charge is -2.51. The second kappa shape index (κ2) is 15.3. The average molecular weight is 793 g/mol. The van der Waals surface area contributed by atoms with Gasteiger partial charge in [0.05, 0.1) is 0 Å². The molecule has 0 saturated heterocycles. The summed E-state index contributed by atoms with van der Waals surface area (Å²) >= 11 is 0. The number of benzene rings is 8. The third-order valence-corrected chi connectivity index (χ3v) is 14.1. The fourth-order valence-corrected chi connectivity index (χ4v) is 11.2. The molecule has 2 atom stereocenters. The predicted molar refractivity (Wildman–Crippen MR) is 260 cm³/mol. The Morgan fingerprint density at radius 2 is 0.902 bits per heavy atom. The highest BCUT2D eigenvalue weighted by atomic mass is 15.1. The number of hydrogen-bond acceptors (Lipinski definition) is 2. The van der Waals surface area contributed by atoms with Gasteiger partial charge in [0, 0.05) is 45.0 Å². The van der Waals surface area contributed by atoms with Crippen LogP contribution in [-0.4, -0.2) is 0 Å². The Morgan fingerprint density at radius 3 is 1.52 bits per heavy atom. The van der Waals surface area contributed by atoms with Gasteiger partial charge in [-0.3, -0.25) is 0 Å². The summed E-state index contributed by atoms with van der Waals surface area (Å²) in [7, 11) is 0. The van der Waals surface area contributed by atoms with Crippen LogP contribution in [0.2, 0.25) is 0 Å². The first-order valence-electron chi connectivity index (χ1n) is 22.3. The summed E-state index contributed by atoms with van der Waals surface area (Å²) in [6.07, 6.45) is 4.82. The monoisotopic (exact) mass is 792 g/mol. The van der Waals surface area contributed by atoms with Gasteiger partial charge in [0.2, 0.25) is 0 Å². The molecule has 2 unspecified atom stereocenters.